The van der Waals surface area contributed by atoms with Gasteiger partial charge < -0.3 is 5.32 Å². The molecule has 4 aromatic heterocycles. The van der Waals surface area contributed by atoms with E-state index in [1.165, 1.54) is 6.33 Å². The Hall–Kier alpha value is -3.88. The van der Waals surface area contributed by atoms with Gasteiger partial charge in [0.1, 0.15) is 17.8 Å². The zero-order valence-electron chi connectivity index (χ0n) is 16.9. The van der Waals surface area contributed by atoms with Crippen LogP contribution in [0.5, 0.6) is 0 Å². The Labute approximate surface area is 172 Å². The van der Waals surface area contributed by atoms with Gasteiger partial charge in [0.2, 0.25) is 0 Å². The number of hydrogen-bond donors (Lipinski definition) is 2. The summed E-state index contributed by atoms with van der Waals surface area (Å²) >= 11 is 0. The molecule has 0 aliphatic rings. The van der Waals surface area contributed by atoms with Crippen molar-refractivity contribution in [2.75, 3.05) is 11.9 Å². The predicted octanol–water partition coefficient (Wildman–Crippen LogP) is 3.38. The number of hydrogen-bond acceptors (Lipinski definition) is 6. The van der Waals surface area contributed by atoms with E-state index >= 15 is 0 Å². The molecule has 0 fully saturated rings. The van der Waals surface area contributed by atoms with Gasteiger partial charge in [0.15, 0.2) is 11.4 Å². The number of aromatic nitrogens is 5. The van der Waals surface area contributed by atoms with E-state index in [1.54, 1.807) is 29.0 Å². The third-order valence-corrected chi connectivity index (χ3v) is 4.82. The first-order chi connectivity index (χ1) is 14.5. The molecule has 30 heavy (non-hydrogen) atoms. The van der Waals surface area contributed by atoms with E-state index in [0.717, 1.165) is 27.6 Å². The van der Waals surface area contributed by atoms with Crippen LogP contribution in [0.2, 0.25) is 0 Å². The molecule has 0 aliphatic heterocycles. The molecule has 0 bridgehead atoms. The fraction of sp³-hybridized carbons (Fsp3) is 0.238. The summed E-state index contributed by atoms with van der Waals surface area (Å²) in [5, 5.41) is 10.6. The minimum atomic E-state index is -0.320. The molecule has 0 atom stereocenters. The summed E-state index contributed by atoms with van der Waals surface area (Å²) in [6.45, 7) is 6.12. The van der Waals surface area contributed by atoms with Gasteiger partial charge >= 0.3 is 6.03 Å². The molecule has 0 saturated heterocycles. The average molecular weight is 403 g/mol. The van der Waals surface area contributed by atoms with Gasteiger partial charge in [-0.25, -0.2) is 19.3 Å². The van der Waals surface area contributed by atoms with Crippen molar-refractivity contribution in [3.8, 4) is 11.1 Å². The lowest BCUT2D eigenvalue weighted by molar-refractivity contribution is 0.0983. The first kappa shape index (κ1) is 19.4. The molecule has 4 heterocycles. The van der Waals surface area contributed by atoms with E-state index in [9.17, 15) is 9.59 Å². The summed E-state index contributed by atoms with van der Waals surface area (Å²) in [7, 11) is 0. The molecule has 0 spiro atoms. The van der Waals surface area contributed by atoms with Gasteiger partial charge in [-0.3, -0.25) is 15.1 Å². The Morgan fingerprint density at radius 2 is 1.87 bits per heavy atom. The summed E-state index contributed by atoms with van der Waals surface area (Å²) in [4.78, 5) is 36.9. The van der Waals surface area contributed by atoms with Gasteiger partial charge in [-0.05, 0) is 31.5 Å². The second-order valence-corrected chi connectivity index (χ2v) is 6.83. The van der Waals surface area contributed by atoms with Crippen LogP contribution in [0.15, 0.2) is 36.9 Å². The van der Waals surface area contributed by atoms with Crippen molar-refractivity contribution in [2.24, 2.45) is 0 Å². The van der Waals surface area contributed by atoms with E-state index in [-0.39, 0.29) is 11.8 Å². The number of anilines is 1. The fourth-order valence-electron chi connectivity index (χ4n) is 3.33. The number of pyridine rings is 3. The van der Waals surface area contributed by atoms with Gasteiger partial charge in [0.05, 0.1) is 5.52 Å². The molecule has 2 N–H and O–H groups in total. The summed E-state index contributed by atoms with van der Waals surface area (Å²) in [6, 6.07) is 5.20. The second-order valence-electron chi connectivity index (χ2n) is 6.83. The summed E-state index contributed by atoms with van der Waals surface area (Å²) in [5.74, 6) is 0.422. The van der Waals surface area contributed by atoms with E-state index in [4.69, 9.17) is 0 Å². The van der Waals surface area contributed by atoms with Crippen molar-refractivity contribution < 1.29 is 9.59 Å². The smallest absolute Gasteiger partial charge is 0.320 e. The van der Waals surface area contributed by atoms with Crippen LogP contribution in [0, 0.1) is 6.92 Å². The lowest BCUT2D eigenvalue weighted by Crippen LogP contribution is -2.28. The van der Waals surface area contributed by atoms with Crippen LogP contribution in [-0.4, -0.2) is 42.9 Å². The molecule has 0 radical (unpaired) electrons. The van der Waals surface area contributed by atoms with Crippen LogP contribution in [0.3, 0.4) is 0 Å². The normalized spacial score (nSPS) is 11.0. The summed E-state index contributed by atoms with van der Waals surface area (Å²) in [5.41, 5.74) is 4.50. The molecule has 0 saturated carbocycles. The highest BCUT2D eigenvalue weighted by atomic mass is 16.2. The standard InChI is InChI=1S/C21H21N7O2/c1-4-18(29)16-6-12(3)15(10-23-16)14-7-13-9-24-19(27-21(30)22-5-2)8-17(13)28-20(14)25-11-26-28/h6-11H,4-5H2,1-3H3,(H2,22,24,27,30). The monoisotopic (exact) mass is 403 g/mol. The highest BCUT2D eigenvalue weighted by Crippen LogP contribution is 2.30. The first-order valence-electron chi connectivity index (χ1n) is 9.69. The van der Waals surface area contributed by atoms with E-state index in [1.807, 2.05) is 26.8 Å². The highest BCUT2D eigenvalue weighted by molar-refractivity contribution is 5.97. The number of aryl methyl sites for hydroxylation is 1. The molecule has 0 aliphatic carbocycles. The molecule has 4 rings (SSSR count). The minimum Gasteiger partial charge on any atom is -0.338 e. The lowest BCUT2D eigenvalue weighted by atomic mass is 10.0. The molecule has 152 valence electrons. The zero-order chi connectivity index (χ0) is 21.3. The summed E-state index contributed by atoms with van der Waals surface area (Å²) in [6.07, 6.45) is 5.27. The van der Waals surface area contributed by atoms with Crippen molar-refractivity contribution in [2.45, 2.75) is 27.2 Å². The first-order valence-corrected chi connectivity index (χ1v) is 9.69. The van der Waals surface area contributed by atoms with Crippen LogP contribution < -0.4 is 10.6 Å². The van der Waals surface area contributed by atoms with Crippen LogP contribution in [0.1, 0.15) is 36.3 Å². The highest BCUT2D eigenvalue weighted by Gasteiger charge is 2.16. The second kappa shape index (κ2) is 7.86. The van der Waals surface area contributed by atoms with Gasteiger partial charge in [-0.1, -0.05) is 6.92 Å². The predicted molar refractivity (Wildman–Crippen MR) is 114 cm³/mol. The Morgan fingerprint density at radius 3 is 2.60 bits per heavy atom. The molecular weight excluding hydrogens is 382 g/mol. The quantitative estimate of drug-likeness (QED) is 0.494. The number of Topliss-reactive ketones (excluding diaryl/α,β-unsaturated/α-hetero) is 1. The van der Waals surface area contributed by atoms with Crippen LogP contribution >= 0.6 is 0 Å². The molecule has 0 unspecified atom stereocenters. The Kier molecular flexibility index (Phi) is 5.09. The molecule has 9 heteroatoms. The van der Waals surface area contributed by atoms with E-state index < -0.39 is 0 Å². The number of fused-ring (bicyclic) bond motifs is 3. The van der Waals surface area contributed by atoms with Crippen molar-refractivity contribution >= 4 is 34.2 Å². The molecule has 4 aromatic rings. The lowest BCUT2D eigenvalue weighted by Gasteiger charge is -2.11. The zero-order valence-corrected chi connectivity index (χ0v) is 16.9. The molecule has 2 amide bonds. The van der Waals surface area contributed by atoms with Gasteiger partial charge in [-0.2, -0.15) is 5.10 Å². The number of carbonyl (C=O) groups is 2. The molecular formula is C21H21N7O2. The number of carbonyl (C=O) groups excluding carboxylic acids is 2. The SMILES string of the molecule is CCNC(=O)Nc1cc2c(cn1)cc(-c1cnc(C(=O)CC)cc1C)c1ncnn12. The van der Waals surface area contributed by atoms with Gasteiger partial charge in [0, 0.05) is 47.9 Å². The fourth-order valence-corrected chi connectivity index (χ4v) is 3.33. The van der Waals surface area contributed by atoms with Crippen molar-refractivity contribution in [1.82, 2.24) is 29.9 Å². The van der Waals surface area contributed by atoms with Crippen molar-refractivity contribution in [1.29, 1.82) is 0 Å². The number of nitrogens with one attached hydrogen (secondary N) is 2. The third kappa shape index (κ3) is 3.45. The largest absolute Gasteiger partial charge is 0.338 e. The number of urea groups is 1. The molecule has 0 aromatic carbocycles. The minimum absolute atomic E-state index is 0.00660. The van der Waals surface area contributed by atoms with Crippen molar-refractivity contribution in [3.05, 3.63) is 48.2 Å². The number of ketones is 1. The number of nitrogens with zero attached hydrogens (tertiary/aromatic N) is 5. The maximum atomic E-state index is 12.0. The average Bonchev–Trinajstić information content (AvgIpc) is 3.23. The van der Waals surface area contributed by atoms with Crippen LogP contribution in [-0.2, 0) is 0 Å². The van der Waals surface area contributed by atoms with Gasteiger partial charge in [-0.15, -0.1) is 0 Å². The molecule has 9 nitrogen and oxygen atoms in total. The Bertz CT molecular complexity index is 1280. The Balaban J connectivity index is 1.83. The van der Waals surface area contributed by atoms with E-state index in [2.05, 4.69) is 30.7 Å². The van der Waals surface area contributed by atoms with Gasteiger partial charge in [0.25, 0.3) is 0 Å². The Morgan fingerprint density at radius 1 is 1.03 bits per heavy atom. The maximum absolute atomic E-state index is 12.0. The maximum Gasteiger partial charge on any atom is 0.320 e. The third-order valence-electron chi connectivity index (χ3n) is 4.82. The summed E-state index contributed by atoms with van der Waals surface area (Å²) < 4.78 is 1.71. The van der Waals surface area contributed by atoms with Crippen molar-refractivity contribution in [3.63, 3.8) is 0 Å². The van der Waals surface area contributed by atoms with E-state index in [0.29, 0.717) is 30.1 Å². The van der Waals surface area contributed by atoms with Crippen LogP contribution in [0.4, 0.5) is 10.6 Å². The number of amides is 2. The topological polar surface area (TPSA) is 114 Å². The number of rotatable bonds is 5. The van der Waals surface area contributed by atoms with Crippen LogP contribution in [0.25, 0.3) is 27.7 Å².